The topological polar surface area (TPSA) is 9.23 Å². The lowest BCUT2D eigenvalue weighted by Crippen LogP contribution is -2.03. The van der Waals surface area contributed by atoms with E-state index in [0.29, 0.717) is 12.5 Å². The normalized spacial score (nSPS) is 12.4. The highest BCUT2D eigenvalue weighted by atomic mass is 16.5. The van der Waals surface area contributed by atoms with Crippen LogP contribution in [-0.4, -0.2) is 13.2 Å². The van der Waals surface area contributed by atoms with Crippen molar-refractivity contribution < 1.29 is 4.74 Å². The third-order valence-corrected chi connectivity index (χ3v) is 1.97. The second-order valence-corrected chi connectivity index (χ2v) is 3.14. The van der Waals surface area contributed by atoms with Gasteiger partial charge < -0.3 is 4.74 Å². The van der Waals surface area contributed by atoms with Gasteiger partial charge in [-0.3, -0.25) is 0 Å². The number of benzene rings is 1. The summed E-state index contributed by atoms with van der Waals surface area (Å²) in [6, 6.07) is 10.4. The molecule has 0 saturated heterocycles. The highest BCUT2D eigenvalue weighted by molar-refractivity contribution is 5.18. The second kappa shape index (κ2) is 5.55. The minimum atomic E-state index is 0.459. The molecule has 0 spiro atoms. The average molecular weight is 176 g/mol. The van der Waals surface area contributed by atoms with Crippen molar-refractivity contribution in [1.29, 1.82) is 0 Å². The summed E-state index contributed by atoms with van der Waals surface area (Å²) in [6.07, 6.45) is 1.78. The Balaban J connectivity index is 2.39. The molecule has 1 aromatic carbocycles. The average Bonchev–Trinajstić information content (AvgIpc) is 2.19. The molecule has 0 saturated carbocycles. The Bertz CT molecular complexity index is 241. The molecule has 0 fully saturated rings. The molecule has 0 aliphatic carbocycles. The van der Waals surface area contributed by atoms with Crippen LogP contribution in [0.3, 0.4) is 0 Å². The largest absolute Gasteiger partial charge is 0.377 e. The second-order valence-electron chi connectivity index (χ2n) is 3.14. The standard InChI is InChI=1S/C12H16O/c1-3-9-13-10-11(2)12-7-5-4-6-8-12/h3-8,11H,1,9-10H2,2H3. The van der Waals surface area contributed by atoms with Gasteiger partial charge in [0.1, 0.15) is 0 Å². The fourth-order valence-electron chi connectivity index (χ4n) is 1.21. The summed E-state index contributed by atoms with van der Waals surface area (Å²) >= 11 is 0. The summed E-state index contributed by atoms with van der Waals surface area (Å²) in [5.74, 6) is 0.459. The Hall–Kier alpha value is -1.08. The third kappa shape index (κ3) is 3.43. The fourth-order valence-corrected chi connectivity index (χ4v) is 1.21. The first kappa shape index (κ1) is 10.0. The molecule has 0 aliphatic heterocycles. The zero-order chi connectivity index (χ0) is 9.52. The van der Waals surface area contributed by atoms with Crippen molar-refractivity contribution >= 4 is 0 Å². The molecule has 1 atom stereocenters. The zero-order valence-corrected chi connectivity index (χ0v) is 8.07. The summed E-state index contributed by atoms with van der Waals surface area (Å²) in [7, 11) is 0. The molecule has 70 valence electrons. The van der Waals surface area contributed by atoms with Crippen molar-refractivity contribution in [2.75, 3.05) is 13.2 Å². The van der Waals surface area contributed by atoms with Gasteiger partial charge in [-0.1, -0.05) is 43.3 Å². The molecule has 0 radical (unpaired) electrons. The predicted octanol–water partition coefficient (Wildman–Crippen LogP) is 2.99. The first-order valence-corrected chi connectivity index (χ1v) is 4.58. The predicted molar refractivity (Wildman–Crippen MR) is 55.9 cm³/mol. The smallest absolute Gasteiger partial charge is 0.0645 e. The minimum Gasteiger partial charge on any atom is -0.377 e. The van der Waals surface area contributed by atoms with Gasteiger partial charge in [0.25, 0.3) is 0 Å². The zero-order valence-electron chi connectivity index (χ0n) is 8.07. The van der Waals surface area contributed by atoms with Gasteiger partial charge in [-0.2, -0.15) is 0 Å². The van der Waals surface area contributed by atoms with Crippen LogP contribution in [0.25, 0.3) is 0 Å². The maximum absolute atomic E-state index is 5.38. The van der Waals surface area contributed by atoms with Crippen LogP contribution in [0.4, 0.5) is 0 Å². The maximum atomic E-state index is 5.38. The van der Waals surface area contributed by atoms with E-state index in [2.05, 4.69) is 37.8 Å². The van der Waals surface area contributed by atoms with E-state index in [1.807, 2.05) is 6.07 Å². The molecule has 0 heterocycles. The van der Waals surface area contributed by atoms with Crippen molar-refractivity contribution in [1.82, 2.24) is 0 Å². The summed E-state index contributed by atoms with van der Waals surface area (Å²) in [4.78, 5) is 0. The third-order valence-electron chi connectivity index (χ3n) is 1.97. The van der Waals surface area contributed by atoms with Crippen LogP contribution in [0.1, 0.15) is 18.4 Å². The molecule has 0 aliphatic rings. The molecule has 1 aromatic rings. The van der Waals surface area contributed by atoms with E-state index in [1.54, 1.807) is 6.08 Å². The molecule has 0 N–H and O–H groups in total. The van der Waals surface area contributed by atoms with Crippen LogP contribution < -0.4 is 0 Å². The van der Waals surface area contributed by atoms with Crippen molar-refractivity contribution in [2.24, 2.45) is 0 Å². The molecule has 13 heavy (non-hydrogen) atoms. The summed E-state index contributed by atoms with van der Waals surface area (Å²) in [5.41, 5.74) is 1.33. The molecular weight excluding hydrogens is 160 g/mol. The highest BCUT2D eigenvalue weighted by Crippen LogP contribution is 2.14. The lowest BCUT2D eigenvalue weighted by atomic mass is 10.0. The Morgan fingerprint density at radius 2 is 2.08 bits per heavy atom. The number of rotatable bonds is 5. The van der Waals surface area contributed by atoms with E-state index in [1.165, 1.54) is 5.56 Å². The number of hydrogen-bond donors (Lipinski definition) is 0. The van der Waals surface area contributed by atoms with E-state index in [-0.39, 0.29) is 0 Å². The van der Waals surface area contributed by atoms with E-state index >= 15 is 0 Å². The van der Waals surface area contributed by atoms with Crippen LogP contribution in [0.15, 0.2) is 43.0 Å². The molecule has 0 bridgehead atoms. The van der Waals surface area contributed by atoms with Gasteiger partial charge in [-0.05, 0) is 5.56 Å². The van der Waals surface area contributed by atoms with Gasteiger partial charge >= 0.3 is 0 Å². The van der Waals surface area contributed by atoms with Gasteiger partial charge in [0.05, 0.1) is 13.2 Å². The van der Waals surface area contributed by atoms with Gasteiger partial charge in [0.15, 0.2) is 0 Å². The van der Waals surface area contributed by atoms with E-state index in [0.717, 1.165) is 6.61 Å². The Kier molecular flexibility index (Phi) is 4.27. The van der Waals surface area contributed by atoms with Crippen LogP contribution in [0, 0.1) is 0 Å². The molecule has 0 aromatic heterocycles. The van der Waals surface area contributed by atoms with Crippen LogP contribution in [-0.2, 0) is 4.74 Å². The SMILES string of the molecule is C=CCOCC(C)c1ccccc1. The Morgan fingerprint density at radius 3 is 2.69 bits per heavy atom. The van der Waals surface area contributed by atoms with E-state index in [4.69, 9.17) is 4.74 Å². The van der Waals surface area contributed by atoms with Crippen LogP contribution in [0.2, 0.25) is 0 Å². The molecule has 1 unspecified atom stereocenters. The fraction of sp³-hybridized carbons (Fsp3) is 0.333. The highest BCUT2D eigenvalue weighted by Gasteiger charge is 2.03. The van der Waals surface area contributed by atoms with Gasteiger partial charge in [-0.15, -0.1) is 6.58 Å². The Labute approximate surface area is 80.0 Å². The van der Waals surface area contributed by atoms with Gasteiger partial charge in [-0.25, -0.2) is 0 Å². The van der Waals surface area contributed by atoms with Crippen molar-refractivity contribution in [2.45, 2.75) is 12.8 Å². The lowest BCUT2D eigenvalue weighted by molar-refractivity contribution is 0.150. The van der Waals surface area contributed by atoms with E-state index < -0.39 is 0 Å². The van der Waals surface area contributed by atoms with Crippen molar-refractivity contribution in [3.8, 4) is 0 Å². The first-order chi connectivity index (χ1) is 6.34. The number of hydrogen-bond acceptors (Lipinski definition) is 1. The molecular formula is C12H16O. The quantitative estimate of drug-likeness (QED) is 0.495. The summed E-state index contributed by atoms with van der Waals surface area (Å²) < 4.78 is 5.38. The molecule has 0 amide bonds. The number of ether oxygens (including phenoxy) is 1. The molecule has 1 rings (SSSR count). The molecule has 1 heteroatoms. The maximum Gasteiger partial charge on any atom is 0.0645 e. The van der Waals surface area contributed by atoms with Crippen LogP contribution >= 0.6 is 0 Å². The summed E-state index contributed by atoms with van der Waals surface area (Å²) in [6.45, 7) is 7.17. The van der Waals surface area contributed by atoms with Gasteiger partial charge in [0, 0.05) is 5.92 Å². The van der Waals surface area contributed by atoms with Crippen molar-refractivity contribution in [3.63, 3.8) is 0 Å². The molecule has 1 nitrogen and oxygen atoms in total. The van der Waals surface area contributed by atoms with Gasteiger partial charge in [0.2, 0.25) is 0 Å². The Morgan fingerprint density at radius 1 is 1.38 bits per heavy atom. The monoisotopic (exact) mass is 176 g/mol. The lowest BCUT2D eigenvalue weighted by Gasteiger charge is -2.10. The minimum absolute atomic E-state index is 0.459. The van der Waals surface area contributed by atoms with E-state index in [9.17, 15) is 0 Å². The summed E-state index contributed by atoms with van der Waals surface area (Å²) in [5, 5.41) is 0. The van der Waals surface area contributed by atoms with Crippen LogP contribution in [0.5, 0.6) is 0 Å². The van der Waals surface area contributed by atoms with Crippen molar-refractivity contribution in [3.05, 3.63) is 48.6 Å². The first-order valence-electron chi connectivity index (χ1n) is 4.58.